The fourth-order valence-corrected chi connectivity index (χ4v) is 2.86. The minimum Gasteiger partial charge on any atom is -0.369 e. The van der Waals surface area contributed by atoms with Gasteiger partial charge in [-0.1, -0.05) is 36.4 Å². The van der Waals surface area contributed by atoms with Crippen LogP contribution in [0.4, 0.5) is 5.95 Å². The summed E-state index contributed by atoms with van der Waals surface area (Å²) in [7, 11) is 1.77. The molecule has 6 heteroatoms. The molecule has 114 valence electrons. The topological polar surface area (TPSA) is 78.7 Å². The van der Waals surface area contributed by atoms with Gasteiger partial charge in [-0.25, -0.2) is 4.98 Å². The maximum absolute atomic E-state index is 12.0. The highest BCUT2D eigenvalue weighted by atomic mass is 16.1. The number of hydrogen-bond acceptors (Lipinski definition) is 4. The van der Waals surface area contributed by atoms with Gasteiger partial charge >= 0.3 is 5.56 Å². The van der Waals surface area contributed by atoms with Crippen molar-refractivity contribution < 1.29 is 0 Å². The van der Waals surface area contributed by atoms with Crippen LogP contribution in [0.5, 0.6) is 0 Å². The predicted octanol–water partition coefficient (Wildman–Crippen LogP) is 1.91. The largest absolute Gasteiger partial charge is 0.369 e. The lowest BCUT2D eigenvalue weighted by Crippen LogP contribution is -2.19. The normalized spacial score (nSPS) is 11.3. The molecule has 4 aromatic rings. The molecule has 0 aliphatic carbocycles. The van der Waals surface area contributed by atoms with E-state index in [1.165, 1.54) is 5.39 Å². The predicted molar refractivity (Wildman–Crippen MR) is 90.2 cm³/mol. The molecular formula is C17H15N5O. The summed E-state index contributed by atoms with van der Waals surface area (Å²) in [6.07, 6.45) is 1.60. The van der Waals surface area contributed by atoms with Crippen LogP contribution in [0, 0.1) is 0 Å². The molecule has 2 aromatic carbocycles. The van der Waals surface area contributed by atoms with E-state index >= 15 is 0 Å². The average Bonchev–Trinajstić information content (AvgIpc) is 2.93. The number of aryl methyl sites for hydroxylation is 1. The first-order valence-electron chi connectivity index (χ1n) is 7.28. The van der Waals surface area contributed by atoms with Crippen molar-refractivity contribution >= 4 is 27.9 Å². The van der Waals surface area contributed by atoms with Gasteiger partial charge < -0.3 is 10.3 Å². The van der Waals surface area contributed by atoms with E-state index in [2.05, 4.69) is 40.3 Å². The van der Waals surface area contributed by atoms with Gasteiger partial charge in [0.05, 0.1) is 12.9 Å². The Morgan fingerprint density at radius 1 is 1.13 bits per heavy atom. The molecule has 0 radical (unpaired) electrons. The lowest BCUT2D eigenvalue weighted by Gasteiger charge is -2.11. The van der Waals surface area contributed by atoms with Gasteiger partial charge in [0, 0.05) is 7.05 Å². The Labute approximate surface area is 131 Å². The molecule has 0 bridgehead atoms. The van der Waals surface area contributed by atoms with Crippen molar-refractivity contribution in [2.24, 2.45) is 7.05 Å². The van der Waals surface area contributed by atoms with Crippen LogP contribution in [-0.2, 0) is 13.6 Å². The Morgan fingerprint density at radius 2 is 1.91 bits per heavy atom. The van der Waals surface area contributed by atoms with Crippen molar-refractivity contribution in [1.29, 1.82) is 0 Å². The monoisotopic (exact) mass is 305 g/mol. The molecule has 2 heterocycles. The molecule has 6 nitrogen and oxygen atoms in total. The number of nitrogen functional groups attached to an aromatic ring is 1. The van der Waals surface area contributed by atoms with Crippen LogP contribution in [0.15, 0.2) is 53.6 Å². The highest BCUT2D eigenvalue weighted by Crippen LogP contribution is 2.18. The second kappa shape index (κ2) is 4.95. The Bertz CT molecular complexity index is 1090. The third-order valence-corrected chi connectivity index (χ3v) is 4.02. The Balaban J connectivity index is 1.87. The van der Waals surface area contributed by atoms with Crippen molar-refractivity contribution in [3.63, 3.8) is 0 Å². The van der Waals surface area contributed by atoms with Crippen molar-refractivity contribution in [3.8, 4) is 0 Å². The number of hydrogen-bond donors (Lipinski definition) is 1. The highest BCUT2D eigenvalue weighted by molar-refractivity contribution is 5.83. The van der Waals surface area contributed by atoms with Crippen molar-refractivity contribution in [1.82, 2.24) is 19.1 Å². The van der Waals surface area contributed by atoms with Gasteiger partial charge in [-0.05, 0) is 22.4 Å². The second-order valence-corrected chi connectivity index (χ2v) is 5.57. The SMILES string of the molecule is Cn1cnc2c1c(=O)nc(N)n2Cc1ccc2ccccc2c1. The summed E-state index contributed by atoms with van der Waals surface area (Å²) in [5, 5.41) is 2.35. The van der Waals surface area contributed by atoms with E-state index < -0.39 is 0 Å². The van der Waals surface area contributed by atoms with Crippen molar-refractivity contribution in [2.75, 3.05) is 5.73 Å². The lowest BCUT2D eigenvalue weighted by atomic mass is 10.1. The molecule has 23 heavy (non-hydrogen) atoms. The standard InChI is InChI=1S/C17H15N5O/c1-21-10-19-15-14(21)16(23)20-17(18)22(15)9-11-6-7-12-4-2-3-5-13(12)8-11/h2-8,10H,9H2,1H3,(H2,18,20,23). The first-order valence-corrected chi connectivity index (χ1v) is 7.28. The van der Waals surface area contributed by atoms with E-state index in [1.54, 1.807) is 22.5 Å². The van der Waals surface area contributed by atoms with Crippen LogP contribution in [0.25, 0.3) is 21.9 Å². The summed E-state index contributed by atoms with van der Waals surface area (Å²) in [6.45, 7) is 0.511. The lowest BCUT2D eigenvalue weighted by molar-refractivity contribution is 0.805. The number of aromatic nitrogens is 4. The molecule has 0 amide bonds. The van der Waals surface area contributed by atoms with Crippen LogP contribution in [-0.4, -0.2) is 19.1 Å². The fourth-order valence-electron chi connectivity index (χ4n) is 2.86. The summed E-state index contributed by atoms with van der Waals surface area (Å²) in [6, 6.07) is 14.4. The first kappa shape index (κ1) is 13.5. The third kappa shape index (κ3) is 2.15. The van der Waals surface area contributed by atoms with Crippen molar-refractivity contribution in [2.45, 2.75) is 6.54 Å². The number of benzene rings is 2. The van der Waals surface area contributed by atoms with Crippen molar-refractivity contribution in [3.05, 3.63) is 64.7 Å². The van der Waals surface area contributed by atoms with E-state index in [4.69, 9.17) is 5.73 Å². The Morgan fingerprint density at radius 3 is 2.74 bits per heavy atom. The minimum absolute atomic E-state index is 0.175. The maximum Gasteiger partial charge on any atom is 0.300 e. The molecule has 2 aromatic heterocycles. The zero-order chi connectivity index (χ0) is 16.0. The maximum atomic E-state index is 12.0. The molecule has 0 spiro atoms. The number of nitrogens with two attached hydrogens (primary N) is 1. The van der Waals surface area contributed by atoms with Gasteiger partial charge in [0.1, 0.15) is 0 Å². The minimum atomic E-state index is -0.354. The van der Waals surface area contributed by atoms with Gasteiger partial charge in [0.2, 0.25) is 5.95 Å². The number of imidazole rings is 1. The highest BCUT2D eigenvalue weighted by Gasteiger charge is 2.13. The third-order valence-electron chi connectivity index (χ3n) is 4.02. The summed E-state index contributed by atoms with van der Waals surface area (Å²) in [5.41, 5.74) is 7.69. The molecule has 0 saturated heterocycles. The summed E-state index contributed by atoms with van der Waals surface area (Å²) in [4.78, 5) is 20.2. The molecule has 0 fully saturated rings. The van der Waals surface area contributed by atoms with Crippen LogP contribution >= 0.6 is 0 Å². The van der Waals surface area contributed by atoms with Gasteiger partial charge in [0.15, 0.2) is 11.2 Å². The van der Waals surface area contributed by atoms with E-state index in [0.717, 1.165) is 10.9 Å². The van der Waals surface area contributed by atoms with E-state index in [-0.39, 0.29) is 11.5 Å². The zero-order valence-corrected chi connectivity index (χ0v) is 12.6. The van der Waals surface area contributed by atoms with Gasteiger partial charge in [-0.3, -0.25) is 9.36 Å². The number of fused-ring (bicyclic) bond motifs is 2. The van der Waals surface area contributed by atoms with Gasteiger partial charge in [-0.15, -0.1) is 0 Å². The summed E-state index contributed by atoms with van der Waals surface area (Å²) < 4.78 is 3.43. The average molecular weight is 305 g/mol. The summed E-state index contributed by atoms with van der Waals surface area (Å²) >= 11 is 0. The molecule has 0 aliphatic heterocycles. The smallest absolute Gasteiger partial charge is 0.300 e. The molecule has 0 aliphatic rings. The molecule has 0 atom stereocenters. The molecule has 0 saturated carbocycles. The number of anilines is 1. The Hall–Kier alpha value is -3.15. The van der Waals surface area contributed by atoms with Crippen LogP contribution in [0.2, 0.25) is 0 Å². The fraction of sp³-hybridized carbons (Fsp3) is 0.118. The van der Waals surface area contributed by atoms with Crippen LogP contribution < -0.4 is 11.3 Å². The summed E-state index contributed by atoms with van der Waals surface area (Å²) in [5.74, 6) is 0.175. The van der Waals surface area contributed by atoms with Gasteiger partial charge in [-0.2, -0.15) is 4.98 Å². The molecule has 2 N–H and O–H groups in total. The van der Waals surface area contributed by atoms with E-state index in [1.807, 2.05) is 12.1 Å². The zero-order valence-electron chi connectivity index (χ0n) is 12.6. The quantitative estimate of drug-likeness (QED) is 0.613. The number of rotatable bonds is 2. The first-order chi connectivity index (χ1) is 11.1. The molecule has 0 unspecified atom stereocenters. The van der Waals surface area contributed by atoms with Crippen LogP contribution in [0.3, 0.4) is 0 Å². The van der Waals surface area contributed by atoms with E-state index in [0.29, 0.717) is 17.7 Å². The second-order valence-electron chi connectivity index (χ2n) is 5.57. The van der Waals surface area contributed by atoms with Gasteiger partial charge in [0.25, 0.3) is 0 Å². The van der Waals surface area contributed by atoms with E-state index in [9.17, 15) is 4.79 Å². The van der Waals surface area contributed by atoms with Crippen LogP contribution in [0.1, 0.15) is 5.56 Å². The number of nitrogens with zero attached hydrogens (tertiary/aromatic N) is 4. The molecule has 4 rings (SSSR count). The molecular weight excluding hydrogens is 290 g/mol. The Kier molecular flexibility index (Phi) is 2.90.